The van der Waals surface area contributed by atoms with Crippen LogP contribution in [0.1, 0.15) is 37.7 Å². The molecule has 3 rings (SSSR count). The number of aliphatic hydroxyl groups excluding tert-OH is 3. The smallest absolute Gasteiger partial charge is 0.247 e. The lowest BCUT2D eigenvalue weighted by Gasteiger charge is -2.41. The van der Waals surface area contributed by atoms with Crippen LogP contribution in [-0.2, 0) is 20.9 Å². The van der Waals surface area contributed by atoms with Crippen molar-refractivity contribution in [2.75, 3.05) is 40.5 Å². The molecule has 2 aliphatic carbocycles. The molecule has 1 aromatic rings. The third-order valence-corrected chi connectivity index (χ3v) is 7.67. The van der Waals surface area contributed by atoms with E-state index in [1.807, 2.05) is 0 Å². The van der Waals surface area contributed by atoms with Crippen molar-refractivity contribution in [2.45, 2.75) is 57.0 Å². The number of ether oxygens (including phenoxy) is 3. The highest BCUT2D eigenvalue weighted by Gasteiger charge is 2.42. The highest BCUT2D eigenvalue weighted by Crippen LogP contribution is 2.37. The zero-order valence-corrected chi connectivity index (χ0v) is 23.5. The van der Waals surface area contributed by atoms with Crippen molar-refractivity contribution < 1.29 is 39.1 Å². The first kappa shape index (κ1) is 29.6. The van der Waals surface area contributed by atoms with Gasteiger partial charge in [-0.2, -0.15) is 0 Å². The number of nitrogens with zero attached hydrogens (tertiary/aromatic N) is 1. The van der Waals surface area contributed by atoms with E-state index in [9.17, 15) is 19.8 Å². The third kappa shape index (κ3) is 7.34. The molecule has 0 spiro atoms. The van der Waals surface area contributed by atoms with E-state index in [2.05, 4.69) is 27.9 Å². The van der Waals surface area contributed by atoms with Crippen LogP contribution in [0.25, 0.3) is 0 Å². The van der Waals surface area contributed by atoms with Crippen molar-refractivity contribution in [3.05, 3.63) is 32.9 Å². The molecule has 1 saturated carbocycles. The molecule has 2 amide bonds. The Kier molecular flexibility index (Phi) is 11.4. The largest absolute Gasteiger partial charge is 0.493 e. The number of methoxy groups -OCH3 is 2. The first-order valence-electron chi connectivity index (χ1n) is 12.6. The van der Waals surface area contributed by atoms with Crippen LogP contribution in [0.5, 0.6) is 11.5 Å². The predicted molar refractivity (Wildman–Crippen MR) is 144 cm³/mol. The van der Waals surface area contributed by atoms with Crippen LogP contribution >= 0.6 is 22.6 Å². The van der Waals surface area contributed by atoms with Crippen molar-refractivity contribution in [1.29, 1.82) is 0 Å². The third-order valence-electron chi connectivity index (χ3n) is 6.86. The molecule has 4 N–H and O–H groups in total. The van der Waals surface area contributed by atoms with E-state index in [4.69, 9.17) is 19.3 Å². The number of hydrogen-bond donors (Lipinski definition) is 4. The summed E-state index contributed by atoms with van der Waals surface area (Å²) in [5.41, 5.74) is 1.000. The fourth-order valence-corrected chi connectivity index (χ4v) is 5.72. The Balaban J connectivity index is 1.98. The van der Waals surface area contributed by atoms with Gasteiger partial charge in [0, 0.05) is 38.1 Å². The standard InChI is InChI=1S/C26H37IN2O8/c1-35-10-8-29(26(34)17-5-3-4-6-17)20-13-18(25(33)28-7-9-30)14-21(23(20)32)37-24-19(27)11-16(15-31)12-22(24)36-2/h11-12,14,17,20-21,23,30-32H,3-10,13,15H2,1-2H3,(H,28,33). The zero-order valence-electron chi connectivity index (χ0n) is 21.3. The number of benzene rings is 1. The molecule has 0 bridgehead atoms. The van der Waals surface area contributed by atoms with Crippen molar-refractivity contribution in [1.82, 2.24) is 10.2 Å². The lowest BCUT2D eigenvalue weighted by atomic mass is 9.87. The Morgan fingerprint density at radius 2 is 1.92 bits per heavy atom. The number of rotatable bonds is 12. The van der Waals surface area contributed by atoms with E-state index in [0.29, 0.717) is 26.2 Å². The number of amides is 2. The van der Waals surface area contributed by atoms with E-state index in [0.717, 1.165) is 25.7 Å². The number of carbonyl (C=O) groups is 2. The molecule has 0 aliphatic heterocycles. The summed E-state index contributed by atoms with van der Waals surface area (Å²) in [5.74, 6) is 0.184. The number of nitrogens with one attached hydrogen (secondary N) is 1. The Morgan fingerprint density at radius 3 is 2.54 bits per heavy atom. The summed E-state index contributed by atoms with van der Waals surface area (Å²) in [6.45, 7) is 0.262. The molecule has 1 aromatic carbocycles. The maximum absolute atomic E-state index is 13.6. The number of carbonyl (C=O) groups excluding carboxylic acids is 2. The molecule has 11 heteroatoms. The van der Waals surface area contributed by atoms with E-state index >= 15 is 0 Å². The monoisotopic (exact) mass is 632 g/mol. The Morgan fingerprint density at radius 1 is 1.19 bits per heavy atom. The van der Waals surface area contributed by atoms with Crippen molar-refractivity contribution in [2.24, 2.45) is 5.92 Å². The van der Waals surface area contributed by atoms with Crippen molar-refractivity contribution in [3.8, 4) is 11.5 Å². The maximum Gasteiger partial charge on any atom is 0.247 e. The van der Waals surface area contributed by atoms with E-state index in [1.54, 1.807) is 30.2 Å². The second kappa shape index (κ2) is 14.3. The Bertz CT molecular complexity index is 966. The summed E-state index contributed by atoms with van der Waals surface area (Å²) in [5, 5.41) is 32.9. The summed E-state index contributed by atoms with van der Waals surface area (Å²) >= 11 is 2.07. The van der Waals surface area contributed by atoms with Crippen LogP contribution in [0, 0.1) is 9.49 Å². The molecule has 37 heavy (non-hydrogen) atoms. The van der Waals surface area contributed by atoms with Crippen LogP contribution in [-0.4, -0.2) is 90.8 Å². The van der Waals surface area contributed by atoms with Gasteiger partial charge < -0.3 is 39.7 Å². The summed E-state index contributed by atoms with van der Waals surface area (Å²) in [7, 11) is 3.04. The van der Waals surface area contributed by atoms with Gasteiger partial charge >= 0.3 is 0 Å². The van der Waals surface area contributed by atoms with Gasteiger partial charge in [0.15, 0.2) is 11.5 Å². The first-order valence-corrected chi connectivity index (χ1v) is 13.6. The molecule has 0 saturated heterocycles. The molecule has 3 atom stereocenters. The lowest BCUT2D eigenvalue weighted by Crippen LogP contribution is -2.56. The van der Waals surface area contributed by atoms with Gasteiger partial charge in [0.25, 0.3) is 0 Å². The molecule has 10 nitrogen and oxygen atoms in total. The highest BCUT2D eigenvalue weighted by molar-refractivity contribution is 14.1. The predicted octanol–water partition coefficient (Wildman–Crippen LogP) is 1.37. The summed E-state index contributed by atoms with van der Waals surface area (Å²) in [4.78, 5) is 28.1. The number of halogens is 1. The van der Waals surface area contributed by atoms with Gasteiger partial charge in [-0.25, -0.2) is 0 Å². The summed E-state index contributed by atoms with van der Waals surface area (Å²) in [6, 6.07) is 2.68. The zero-order chi connectivity index (χ0) is 26.9. The average molecular weight is 632 g/mol. The number of hydrogen-bond acceptors (Lipinski definition) is 8. The fraction of sp³-hybridized carbons (Fsp3) is 0.615. The molecule has 1 fully saturated rings. The summed E-state index contributed by atoms with van der Waals surface area (Å²) in [6.07, 6.45) is 3.20. The minimum Gasteiger partial charge on any atom is -0.493 e. The topological polar surface area (TPSA) is 138 Å². The Hall–Kier alpha value is -1.93. The van der Waals surface area contributed by atoms with Crippen LogP contribution in [0.2, 0.25) is 0 Å². The van der Waals surface area contributed by atoms with Crippen molar-refractivity contribution in [3.63, 3.8) is 0 Å². The van der Waals surface area contributed by atoms with Gasteiger partial charge in [-0.05, 0) is 59.2 Å². The van der Waals surface area contributed by atoms with Crippen LogP contribution in [0.15, 0.2) is 23.8 Å². The normalized spacial score (nSPS) is 21.9. The van der Waals surface area contributed by atoms with Crippen molar-refractivity contribution >= 4 is 34.4 Å². The highest BCUT2D eigenvalue weighted by atomic mass is 127. The van der Waals surface area contributed by atoms with E-state index in [1.165, 1.54) is 7.11 Å². The first-order chi connectivity index (χ1) is 17.8. The molecule has 0 aromatic heterocycles. The molecular formula is C26H37IN2O8. The Labute approximate surface area is 231 Å². The van der Waals surface area contributed by atoms with Gasteiger partial charge in [0.05, 0.1) is 36.5 Å². The molecule has 206 valence electrons. The number of aliphatic hydroxyl groups is 3. The van der Waals surface area contributed by atoms with Gasteiger partial charge in [0.1, 0.15) is 12.2 Å². The van der Waals surface area contributed by atoms with Crippen LogP contribution in [0.3, 0.4) is 0 Å². The molecule has 2 aliphatic rings. The quantitative estimate of drug-likeness (QED) is 0.254. The van der Waals surface area contributed by atoms with Crippen LogP contribution < -0.4 is 14.8 Å². The van der Waals surface area contributed by atoms with Gasteiger partial charge in [-0.3, -0.25) is 9.59 Å². The average Bonchev–Trinajstić information content (AvgIpc) is 3.45. The van der Waals surface area contributed by atoms with Gasteiger partial charge in [-0.1, -0.05) is 12.8 Å². The summed E-state index contributed by atoms with van der Waals surface area (Å²) < 4.78 is 17.7. The molecule has 0 radical (unpaired) electrons. The minimum absolute atomic E-state index is 0.0474. The second-order valence-electron chi connectivity index (χ2n) is 9.29. The molecule has 0 heterocycles. The van der Waals surface area contributed by atoms with Crippen LogP contribution in [0.4, 0.5) is 0 Å². The fourth-order valence-electron chi connectivity index (χ4n) is 4.93. The maximum atomic E-state index is 13.6. The van der Waals surface area contributed by atoms with E-state index in [-0.39, 0.29) is 51.2 Å². The molecule has 3 unspecified atom stereocenters. The lowest BCUT2D eigenvalue weighted by molar-refractivity contribution is -0.143. The van der Waals surface area contributed by atoms with Gasteiger partial charge in [-0.15, -0.1) is 0 Å². The minimum atomic E-state index is -1.13. The second-order valence-corrected chi connectivity index (χ2v) is 10.5. The molecular weight excluding hydrogens is 595 g/mol. The van der Waals surface area contributed by atoms with E-state index < -0.39 is 24.2 Å². The van der Waals surface area contributed by atoms with Gasteiger partial charge in [0.2, 0.25) is 11.8 Å². The SMILES string of the molecule is COCCN(C(=O)C1CCCC1)C1CC(C(=O)NCCO)=CC(Oc2c(I)cc(CO)cc2OC)C1O.